The van der Waals surface area contributed by atoms with Crippen molar-refractivity contribution in [1.82, 2.24) is 10.2 Å². The summed E-state index contributed by atoms with van der Waals surface area (Å²) < 4.78 is 27.9. The van der Waals surface area contributed by atoms with Gasteiger partial charge in [0.05, 0.1) is 12.3 Å². The number of primary sulfonamides is 1. The predicted molar refractivity (Wildman–Crippen MR) is 64.5 cm³/mol. The molecule has 0 fully saturated rings. The van der Waals surface area contributed by atoms with E-state index in [1.165, 1.54) is 0 Å². The second-order valence-electron chi connectivity index (χ2n) is 3.81. The molecule has 0 aliphatic carbocycles. The van der Waals surface area contributed by atoms with Crippen LogP contribution >= 0.6 is 0 Å². The summed E-state index contributed by atoms with van der Waals surface area (Å²) >= 11 is 0. The van der Waals surface area contributed by atoms with Crippen molar-refractivity contribution in [3.8, 4) is 0 Å². The molecular weight excluding hydrogens is 258 g/mol. The van der Waals surface area contributed by atoms with Gasteiger partial charge in [-0.3, -0.25) is 5.10 Å². The highest BCUT2D eigenvalue weighted by Crippen LogP contribution is 2.19. The van der Waals surface area contributed by atoms with E-state index in [1.54, 1.807) is 0 Å². The van der Waals surface area contributed by atoms with Gasteiger partial charge in [-0.15, -0.1) is 0 Å². The van der Waals surface area contributed by atoms with Crippen LogP contribution in [0.1, 0.15) is 42.9 Å². The van der Waals surface area contributed by atoms with Crippen LogP contribution in [-0.2, 0) is 21.2 Å². The van der Waals surface area contributed by atoms with E-state index in [4.69, 9.17) is 9.88 Å². The van der Waals surface area contributed by atoms with E-state index in [0.717, 1.165) is 0 Å². The fraction of sp³-hybridized carbons (Fsp3) is 0.600. The highest BCUT2D eigenvalue weighted by molar-refractivity contribution is 7.89. The topological polar surface area (TPSA) is 115 Å². The molecule has 0 saturated carbocycles. The summed E-state index contributed by atoms with van der Waals surface area (Å²) in [6.07, 6.45) is 1.79. The molecule has 1 aromatic heterocycles. The molecule has 18 heavy (non-hydrogen) atoms. The lowest BCUT2D eigenvalue weighted by molar-refractivity contribution is 0.0493. The Balaban J connectivity index is 3.16. The number of nitrogens with one attached hydrogen (secondary N) is 1. The predicted octanol–water partition coefficient (Wildman–Crippen LogP) is 0.576. The third-order valence-electron chi connectivity index (χ3n) is 2.21. The lowest BCUT2D eigenvalue weighted by Crippen LogP contribution is -2.18. The van der Waals surface area contributed by atoms with E-state index in [-0.39, 0.29) is 17.2 Å². The molecule has 0 unspecified atom stereocenters. The summed E-state index contributed by atoms with van der Waals surface area (Å²) in [4.78, 5) is 11.4. The molecule has 8 heteroatoms. The Morgan fingerprint density at radius 2 is 2.06 bits per heavy atom. The van der Waals surface area contributed by atoms with Crippen molar-refractivity contribution in [3.63, 3.8) is 0 Å². The molecule has 0 atom stereocenters. The molecule has 0 saturated heterocycles. The summed E-state index contributed by atoms with van der Waals surface area (Å²) in [5, 5.41) is 11.3. The molecule has 7 nitrogen and oxygen atoms in total. The summed E-state index contributed by atoms with van der Waals surface area (Å²) in [6.45, 7) is 3.92. The number of rotatable bonds is 6. The molecule has 0 radical (unpaired) electrons. The molecule has 102 valence electrons. The molecule has 0 aliphatic heterocycles. The number of nitrogens with two attached hydrogens (primary N) is 1. The van der Waals surface area contributed by atoms with Crippen LogP contribution in [0.25, 0.3) is 0 Å². The zero-order valence-electron chi connectivity index (χ0n) is 10.4. The number of hydrogen-bond acceptors (Lipinski definition) is 5. The van der Waals surface area contributed by atoms with Crippen molar-refractivity contribution in [2.75, 3.05) is 6.61 Å². The first-order chi connectivity index (χ1) is 8.41. The Morgan fingerprint density at radius 3 is 2.56 bits per heavy atom. The van der Waals surface area contributed by atoms with Crippen molar-refractivity contribution >= 4 is 16.0 Å². The number of aryl methyl sites for hydroxylation is 1. The van der Waals surface area contributed by atoms with Crippen molar-refractivity contribution in [3.05, 3.63) is 11.4 Å². The SMILES string of the molecule is CCCOC(=O)c1n[nH]c(CCC)c1S(N)(=O)=O. The maximum atomic E-state index is 11.7. The third kappa shape index (κ3) is 3.30. The monoisotopic (exact) mass is 275 g/mol. The molecule has 1 heterocycles. The minimum Gasteiger partial charge on any atom is -0.461 e. The average Bonchev–Trinajstić information content (AvgIpc) is 2.70. The molecule has 0 spiro atoms. The molecule has 0 aromatic carbocycles. The minimum absolute atomic E-state index is 0.207. The van der Waals surface area contributed by atoms with Gasteiger partial charge >= 0.3 is 5.97 Å². The van der Waals surface area contributed by atoms with E-state index in [1.807, 2.05) is 13.8 Å². The van der Waals surface area contributed by atoms with E-state index >= 15 is 0 Å². The van der Waals surface area contributed by atoms with Gasteiger partial charge in [-0.25, -0.2) is 18.4 Å². The quantitative estimate of drug-likeness (QED) is 0.737. The van der Waals surface area contributed by atoms with Crippen LogP contribution in [0.15, 0.2) is 4.90 Å². The molecule has 1 rings (SSSR count). The van der Waals surface area contributed by atoms with Gasteiger partial charge in [0, 0.05) is 0 Å². The first kappa shape index (κ1) is 14.7. The van der Waals surface area contributed by atoms with E-state index < -0.39 is 16.0 Å². The van der Waals surface area contributed by atoms with E-state index in [0.29, 0.717) is 25.0 Å². The Hall–Kier alpha value is -1.41. The second-order valence-corrected chi connectivity index (χ2v) is 5.31. The molecular formula is C10H17N3O4S. The first-order valence-electron chi connectivity index (χ1n) is 5.69. The minimum atomic E-state index is -4.01. The summed E-state index contributed by atoms with van der Waals surface area (Å²) in [5.74, 6) is -0.778. The smallest absolute Gasteiger partial charge is 0.360 e. The van der Waals surface area contributed by atoms with Crippen molar-refractivity contribution in [1.29, 1.82) is 0 Å². The van der Waals surface area contributed by atoms with Gasteiger partial charge in [0.1, 0.15) is 4.90 Å². The fourth-order valence-electron chi connectivity index (χ4n) is 1.50. The van der Waals surface area contributed by atoms with Gasteiger partial charge in [-0.1, -0.05) is 20.3 Å². The number of sulfonamides is 1. The van der Waals surface area contributed by atoms with Crippen LogP contribution in [0.5, 0.6) is 0 Å². The van der Waals surface area contributed by atoms with Crippen LogP contribution in [0.4, 0.5) is 0 Å². The number of nitrogens with zero attached hydrogens (tertiary/aromatic N) is 1. The number of esters is 1. The van der Waals surface area contributed by atoms with Gasteiger partial charge in [0.25, 0.3) is 0 Å². The van der Waals surface area contributed by atoms with Crippen LogP contribution in [0.3, 0.4) is 0 Å². The molecule has 0 aliphatic rings. The van der Waals surface area contributed by atoms with Crippen LogP contribution in [0, 0.1) is 0 Å². The highest BCUT2D eigenvalue weighted by atomic mass is 32.2. The zero-order chi connectivity index (χ0) is 13.8. The van der Waals surface area contributed by atoms with Crippen molar-refractivity contribution in [2.24, 2.45) is 5.14 Å². The number of carbonyl (C=O) groups excluding carboxylic acids is 1. The largest absolute Gasteiger partial charge is 0.461 e. The lowest BCUT2D eigenvalue weighted by atomic mass is 10.2. The standard InChI is InChI=1S/C10H17N3O4S/c1-3-5-7-9(18(11,15)16)8(13-12-7)10(14)17-6-4-2/h3-6H2,1-2H3,(H,12,13)(H2,11,15,16). The van der Waals surface area contributed by atoms with Crippen molar-refractivity contribution < 1.29 is 17.9 Å². The molecule has 3 N–H and O–H groups in total. The number of H-pyrrole nitrogens is 1. The van der Waals surface area contributed by atoms with Crippen LogP contribution in [0.2, 0.25) is 0 Å². The Bertz CT molecular complexity index is 521. The summed E-state index contributed by atoms with van der Waals surface area (Å²) in [7, 11) is -4.01. The Kier molecular flexibility index (Phi) is 4.85. The number of carbonyl (C=O) groups is 1. The average molecular weight is 275 g/mol. The van der Waals surface area contributed by atoms with E-state index in [2.05, 4.69) is 10.2 Å². The highest BCUT2D eigenvalue weighted by Gasteiger charge is 2.27. The first-order valence-corrected chi connectivity index (χ1v) is 7.23. The van der Waals surface area contributed by atoms with Crippen molar-refractivity contribution in [2.45, 2.75) is 38.0 Å². The van der Waals surface area contributed by atoms with E-state index in [9.17, 15) is 13.2 Å². The fourth-order valence-corrected chi connectivity index (χ4v) is 2.38. The van der Waals surface area contributed by atoms with Gasteiger partial charge < -0.3 is 4.74 Å². The summed E-state index contributed by atoms with van der Waals surface area (Å²) in [5.41, 5.74) is 0.0675. The van der Waals surface area contributed by atoms with Crippen LogP contribution in [-0.4, -0.2) is 31.2 Å². The van der Waals surface area contributed by atoms with Gasteiger partial charge in [-0.2, -0.15) is 5.10 Å². The number of aromatic amines is 1. The molecule has 1 aromatic rings. The van der Waals surface area contributed by atoms with Crippen LogP contribution < -0.4 is 5.14 Å². The maximum absolute atomic E-state index is 11.7. The summed E-state index contributed by atoms with van der Waals surface area (Å²) in [6, 6.07) is 0. The van der Waals surface area contributed by atoms with Gasteiger partial charge in [0.2, 0.25) is 10.0 Å². The second kappa shape index (κ2) is 5.96. The maximum Gasteiger partial charge on any atom is 0.360 e. The van der Waals surface area contributed by atoms with Gasteiger partial charge in [-0.05, 0) is 12.8 Å². The molecule has 0 bridgehead atoms. The normalized spacial score (nSPS) is 11.5. The lowest BCUT2D eigenvalue weighted by Gasteiger charge is -2.03. The molecule has 0 amide bonds. The number of ether oxygens (including phenoxy) is 1. The third-order valence-corrected chi connectivity index (χ3v) is 3.22. The Labute approximate surface area is 106 Å². The van der Waals surface area contributed by atoms with Gasteiger partial charge in [0.15, 0.2) is 5.69 Å². The Morgan fingerprint density at radius 1 is 1.39 bits per heavy atom. The number of aromatic nitrogens is 2. The zero-order valence-corrected chi connectivity index (χ0v) is 11.2. The number of hydrogen-bond donors (Lipinski definition) is 2.